The monoisotopic (exact) mass is 453 g/mol. The Kier molecular flexibility index (Phi) is 7.55. The molecule has 4 rings (SSSR count). The third-order valence-corrected chi connectivity index (χ3v) is 7.98. The van der Waals surface area contributed by atoms with E-state index in [0.717, 1.165) is 49.4 Å². The molecule has 0 unspecified atom stereocenters. The fraction of sp³-hybridized carbons (Fsp3) is 0.630. The standard InChI is InChI=1S/C27H39N3O3/c1-4-20-6-8-22(9-7-20)25-28-24(5-2)27(29-25)13-15-30(16-14-27)33-17-12-21-10-11-23(26(31)32)18-19(21)3/h5,10-11,18,20,22H,4,6-9,12-17H2,1-3H3,(H,28,29)(H,31,32). The van der Waals surface area contributed by atoms with Gasteiger partial charge in [-0.25, -0.2) is 4.79 Å². The highest BCUT2D eigenvalue weighted by atomic mass is 16.7. The van der Waals surface area contributed by atoms with E-state index in [-0.39, 0.29) is 5.54 Å². The van der Waals surface area contributed by atoms with E-state index in [1.54, 1.807) is 12.1 Å². The SMILES string of the molecule is CC=C1NC(C2CCC(CC)CC2)=NC12CCN(OCCc1ccc(C(=O)O)cc1C)CC2. The van der Waals surface area contributed by atoms with Gasteiger partial charge in [0, 0.05) is 24.7 Å². The lowest BCUT2D eigenvalue weighted by Gasteiger charge is -2.37. The number of piperidine rings is 1. The Bertz CT molecular complexity index is 907. The Morgan fingerprint density at radius 1 is 1.27 bits per heavy atom. The first-order valence-electron chi connectivity index (χ1n) is 12.7. The smallest absolute Gasteiger partial charge is 0.335 e. The predicted octanol–water partition coefficient (Wildman–Crippen LogP) is 5.12. The van der Waals surface area contributed by atoms with Crippen LogP contribution in [0.2, 0.25) is 0 Å². The van der Waals surface area contributed by atoms with Crippen LogP contribution in [0, 0.1) is 18.8 Å². The van der Waals surface area contributed by atoms with Crippen LogP contribution in [0.1, 0.15) is 80.3 Å². The first-order chi connectivity index (χ1) is 15.9. The van der Waals surface area contributed by atoms with Gasteiger partial charge in [-0.1, -0.05) is 25.5 Å². The Morgan fingerprint density at radius 2 is 2.00 bits per heavy atom. The summed E-state index contributed by atoms with van der Waals surface area (Å²) in [5.41, 5.74) is 3.65. The second kappa shape index (κ2) is 10.4. The quantitative estimate of drug-likeness (QED) is 0.599. The number of aliphatic imine (C=N–C) groups is 1. The van der Waals surface area contributed by atoms with E-state index < -0.39 is 5.97 Å². The molecule has 3 aliphatic rings. The summed E-state index contributed by atoms with van der Waals surface area (Å²) < 4.78 is 0. The molecule has 2 heterocycles. The van der Waals surface area contributed by atoms with Crippen molar-refractivity contribution in [1.29, 1.82) is 0 Å². The summed E-state index contributed by atoms with van der Waals surface area (Å²) in [4.78, 5) is 22.5. The summed E-state index contributed by atoms with van der Waals surface area (Å²) in [5, 5.41) is 14.9. The molecule has 2 fully saturated rings. The number of nitrogens with zero attached hydrogens (tertiary/aromatic N) is 2. The van der Waals surface area contributed by atoms with Gasteiger partial charge in [-0.15, -0.1) is 0 Å². The van der Waals surface area contributed by atoms with Gasteiger partial charge >= 0.3 is 5.97 Å². The van der Waals surface area contributed by atoms with Gasteiger partial charge in [-0.3, -0.25) is 9.83 Å². The first kappa shape index (κ1) is 24.0. The normalized spacial score (nSPS) is 26.4. The van der Waals surface area contributed by atoms with E-state index in [1.807, 2.05) is 13.0 Å². The maximum absolute atomic E-state index is 11.1. The number of hydrogen-bond donors (Lipinski definition) is 2. The number of amidine groups is 1. The molecule has 1 aliphatic carbocycles. The van der Waals surface area contributed by atoms with E-state index >= 15 is 0 Å². The fourth-order valence-corrected chi connectivity index (χ4v) is 5.71. The molecule has 33 heavy (non-hydrogen) atoms. The van der Waals surface area contributed by atoms with Crippen molar-refractivity contribution in [1.82, 2.24) is 10.4 Å². The molecule has 180 valence electrons. The number of aryl methyl sites for hydroxylation is 1. The zero-order valence-electron chi connectivity index (χ0n) is 20.4. The van der Waals surface area contributed by atoms with Gasteiger partial charge < -0.3 is 10.4 Å². The molecule has 6 heteroatoms. The highest BCUT2D eigenvalue weighted by Crippen LogP contribution is 2.40. The Hall–Kier alpha value is -2.18. The average Bonchev–Trinajstić information content (AvgIpc) is 3.19. The molecule has 1 saturated carbocycles. The van der Waals surface area contributed by atoms with Gasteiger partial charge in [0.1, 0.15) is 11.4 Å². The van der Waals surface area contributed by atoms with Crippen LogP contribution in [0.25, 0.3) is 0 Å². The number of aromatic carboxylic acids is 1. The van der Waals surface area contributed by atoms with Crippen molar-refractivity contribution in [3.05, 3.63) is 46.7 Å². The van der Waals surface area contributed by atoms with E-state index in [9.17, 15) is 4.79 Å². The molecule has 6 nitrogen and oxygen atoms in total. The lowest BCUT2D eigenvalue weighted by molar-refractivity contribution is -0.172. The van der Waals surface area contributed by atoms with Crippen LogP contribution in [0.4, 0.5) is 0 Å². The lowest BCUT2D eigenvalue weighted by atomic mass is 9.80. The molecular weight excluding hydrogens is 414 g/mol. The number of benzene rings is 1. The van der Waals surface area contributed by atoms with Crippen molar-refractivity contribution < 1.29 is 14.7 Å². The molecule has 0 atom stereocenters. The number of carboxylic acid groups (broad SMARTS) is 1. The lowest BCUT2D eigenvalue weighted by Crippen LogP contribution is -2.44. The van der Waals surface area contributed by atoms with Crippen LogP contribution >= 0.6 is 0 Å². The molecule has 1 spiro atoms. The van der Waals surface area contributed by atoms with Crippen LogP contribution in [0.5, 0.6) is 0 Å². The van der Waals surface area contributed by atoms with E-state index in [2.05, 4.69) is 30.3 Å². The number of rotatable bonds is 7. The molecule has 0 aromatic heterocycles. The highest BCUT2D eigenvalue weighted by Gasteiger charge is 2.43. The second-order valence-electron chi connectivity index (χ2n) is 9.94. The Labute approximate surface area is 198 Å². The first-order valence-corrected chi connectivity index (χ1v) is 12.7. The largest absolute Gasteiger partial charge is 0.478 e. The van der Waals surface area contributed by atoms with Gasteiger partial charge in [0.25, 0.3) is 0 Å². The second-order valence-corrected chi connectivity index (χ2v) is 9.94. The van der Waals surface area contributed by atoms with E-state index in [1.165, 1.54) is 43.6 Å². The summed E-state index contributed by atoms with van der Waals surface area (Å²) in [5.74, 6) is 1.83. The molecular formula is C27H39N3O3. The minimum Gasteiger partial charge on any atom is -0.478 e. The zero-order valence-corrected chi connectivity index (χ0v) is 20.4. The van der Waals surface area contributed by atoms with E-state index in [4.69, 9.17) is 14.9 Å². The Morgan fingerprint density at radius 3 is 2.61 bits per heavy atom. The average molecular weight is 454 g/mol. The number of carbonyl (C=O) groups is 1. The minimum absolute atomic E-state index is 0.102. The molecule has 0 radical (unpaired) electrons. The van der Waals surface area contributed by atoms with Crippen LogP contribution < -0.4 is 5.32 Å². The molecule has 1 aromatic carbocycles. The molecule has 2 aliphatic heterocycles. The summed E-state index contributed by atoms with van der Waals surface area (Å²) in [6, 6.07) is 5.31. The number of allylic oxidation sites excluding steroid dienone is 1. The van der Waals surface area contributed by atoms with Gasteiger partial charge in [0.05, 0.1) is 12.2 Å². The van der Waals surface area contributed by atoms with Crippen molar-refractivity contribution >= 4 is 11.8 Å². The minimum atomic E-state index is -0.885. The summed E-state index contributed by atoms with van der Waals surface area (Å²) in [6.07, 6.45) is 11.4. The van der Waals surface area contributed by atoms with Gasteiger partial charge in [0.15, 0.2) is 0 Å². The van der Waals surface area contributed by atoms with Crippen LogP contribution in [0.15, 0.2) is 35.0 Å². The third kappa shape index (κ3) is 5.33. The van der Waals surface area contributed by atoms with E-state index in [0.29, 0.717) is 18.1 Å². The Balaban J connectivity index is 1.29. The summed E-state index contributed by atoms with van der Waals surface area (Å²) in [7, 11) is 0. The third-order valence-electron chi connectivity index (χ3n) is 7.98. The van der Waals surface area contributed by atoms with Gasteiger partial charge in [-0.05, 0) is 88.0 Å². The number of carboxylic acids is 1. The topological polar surface area (TPSA) is 74.2 Å². The maximum atomic E-state index is 11.1. The summed E-state index contributed by atoms with van der Waals surface area (Å²) in [6.45, 7) is 8.74. The number of nitrogens with one attached hydrogen (secondary N) is 1. The zero-order chi connectivity index (χ0) is 23.4. The van der Waals surface area contributed by atoms with Crippen molar-refractivity contribution in [2.75, 3.05) is 19.7 Å². The predicted molar refractivity (Wildman–Crippen MR) is 131 cm³/mol. The van der Waals surface area contributed by atoms with Gasteiger partial charge in [0.2, 0.25) is 0 Å². The molecule has 1 saturated heterocycles. The molecule has 0 amide bonds. The van der Waals surface area contributed by atoms with Crippen molar-refractivity contribution in [3.63, 3.8) is 0 Å². The molecule has 0 bridgehead atoms. The van der Waals surface area contributed by atoms with Crippen molar-refractivity contribution in [2.24, 2.45) is 16.8 Å². The molecule has 1 aromatic rings. The van der Waals surface area contributed by atoms with Crippen LogP contribution in [-0.4, -0.2) is 47.2 Å². The summed E-state index contributed by atoms with van der Waals surface area (Å²) >= 11 is 0. The molecule has 2 N–H and O–H groups in total. The number of hydrogen-bond acceptors (Lipinski definition) is 5. The van der Waals surface area contributed by atoms with Crippen LogP contribution in [-0.2, 0) is 11.3 Å². The highest BCUT2D eigenvalue weighted by molar-refractivity contribution is 5.90. The van der Waals surface area contributed by atoms with Gasteiger partial charge in [-0.2, -0.15) is 5.06 Å². The fourth-order valence-electron chi connectivity index (χ4n) is 5.71. The van der Waals surface area contributed by atoms with Crippen LogP contribution in [0.3, 0.4) is 0 Å². The van der Waals surface area contributed by atoms with Crippen molar-refractivity contribution in [3.8, 4) is 0 Å². The van der Waals surface area contributed by atoms with Crippen molar-refractivity contribution in [2.45, 2.75) is 77.7 Å². The number of hydroxylamine groups is 2. The maximum Gasteiger partial charge on any atom is 0.335 e.